The van der Waals surface area contributed by atoms with Crippen LogP contribution in [0.3, 0.4) is 0 Å². The van der Waals surface area contributed by atoms with Crippen molar-refractivity contribution in [1.29, 1.82) is 0 Å². The van der Waals surface area contributed by atoms with E-state index in [2.05, 4.69) is 11.8 Å². The maximum Gasteiger partial charge on any atom is 0.134 e. The number of rotatable bonds is 4. The van der Waals surface area contributed by atoms with Crippen molar-refractivity contribution in [3.05, 3.63) is 29.8 Å². The van der Waals surface area contributed by atoms with Gasteiger partial charge in [0.15, 0.2) is 0 Å². The molecule has 1 nitrogen and oxygen atoms in total. The molecular formula is C18H21ClO. The topological polar surface area (TPSA) is 9.23 Å². The van der Waals surface area contributed by atoms with Crippen molar-refractivity contribution >= 4 is 11.6 Å². The number of ether oxygens (including phenoxy) is 1. The minimum atomic E-state index is 0.584. The van der Waals surface area contributed by atoms with Crippen molar-refractivity contribution in [3.63, 3.8) is 0 Å². The Morgan fingerprint density at radius 2 is 2.10 bits per heavy atom. The number of benzene rings is 1. The fourth-order valence-electron chi connectivity index (χ4n) is 3.68. The highest BCUT2D eigenvalue weighted by atomic mass is 35.5. The summed E-state index contributed by atoms with van der Waals surface area (Å²) in [6.07, 6.45) is 6.38. The van der Waals surface area contributed by atoms with Crippen molar-refractivity contribution < 1.29 is 4.74 Å². The van der Waals surface area contributed by atoms with Gasteiger partial charge in [-0.2, -0.15) is 0 Å². The van der Waals surface area contributed by atoms with Crippen molar-refractivity contribution in [1.82, 2.24) is 0 Å². The lowest BCUT2D eigenvalue weighted by atomic mass is 9.89. The predicted molar refractivity (Wildman–Crippen MR) is 83.1 cm³/mol. The Bertz CT molecular complexity index is 514. The summed E-state index contributed by atoms with van der Waals surface area (Å²) in [7, 11) is 0. The van der Waals surface area contributed by atoms with Gasteiger partial charge >= 0.3 is 0 Å². The molecule has 2 aliphatic carbocycles. The fourth-order valence-corrected chi connectivity index (χ4v) is 3.77. The van der Waals surface area contributed by atoms with Crippen molar-refractivity contribution in [3.8, 4) is 17.6 Å². The van der Waals surface area contributed by atoms with E-state index >= 15 is 0 Å². The molecule has 0 amide bonds. The molecule has 2 aliphatic rings. The monoisotopic (exact) mass is 288 g/mol. The number of para-hydroxylation sites is 1. The maximum atomic E-state index is 6.07. The zero-order valence-electron chi connectivity index (χ0n) is 11.8. The molecule has 0 heterocycles. The van der Waals surface area contributed by atoms with Crippen LogP contribution in [0, 0.1) is 29.6 Å². The molecule has 0 saturated heterocycles. The molecule has 0 aliphatic heterocycles. The van der Waals surface area contributed by atoms with E-state index < -0.39 is 0 Å². The minimum absolute atomic E-state index is 0.584. The number of fused-ring (bicyclic) bond motifs is 2. The lowest BCUT2D eigenvalue weighted by Gasteiger charge is -2.22. The molecule has 1 aromatic carbocycles. The number of hydrogen-bond donors (Lipinski definition) is 0. The third kappa shape index (κ3) is 3.13. The molecule has 0 radical (unpaired) electrons. The highest BCUT2D eigenvalue weighted by Crippen LogP contribution is 2.48. The second-order valence-electron chi connectivity index (χ2n) is 5.98. The van der Waals surface area contributed by atoms with Gasteiger partial charge in [-0.05, 0) is 49.1 Å². The first-order chi connectivity index (χ1) is 9.86. The molecule has 0 spiro atoms. The molecule has 0 N–H and O–H groups in total. The van der Waals surface area contributed by atoms with Gasteiger partial charge in [-0.1, -0.05) is 30.4 Å². The minimum Gasteiger partial charge on any atom is -0.492 e. The van der Waals surface area contributed by atoms with E-state index in [1.165, 1.54) is 25.7 Å². The van der Waals surface area contributed by atoms with Gasteiger partial charge < -0.3 is 4.74 Å². The van der Waals surface area contributed by atoms with Crippen molar-refractivity contribution in [2.45, 2.75) is 32.1 Å². The quantitative estimate of drug-likeness (QED) is 0.586. The van der Waals surface area contributed by atoms with Crippen LogP contribution in [-0.4, -0.2) is 12.5 Å². The first-order valence-corrected chi connectivity index (χ1v) is 8.17. The van der Waals surface area contributed by atoms with E-state index in [1.807, 2.05) is 24.3 Å². The zero-order valence-corrected chi connectivity index (χ0v) is 12.5. The highest BCUT2D eigenvalue weighted by Gasteiger charge is 2.39. The van der Waals surface area contributed by atoms with E-state index in [0.29, 0.717) is 5.88 Å². The van der Waals surface area contributed by atoms with Crippen LogP contribution in [-0.2, 0) is 0 Å². The molecule has 3 atom stereocenters. The first kappa shape index (κ1) is 13.8. The molecule has 20 heavy (non-hydrogen) atoms. The third-order valence-corrected chi connectivity index (χ3v) is 4.86. The Hall–Kier alpha value is -1.13. The summed E-state index contributed by atoms with van der Waals surface area (Å²) < 4.78 is 6.07. The molecule has 2 fully saturated rings. The summed E-state index contributed by atoms with van der Waals surface area (Å²) in [6, 6.07) is 8.08. The Morgan fingerprint density at radius 1 is 1.20 bits per heavy atom. The van der Waals surface area contributed by atoms with Gasteiger partial charge in [-0.15, -0.1) is 11.6 Å². The van der Waals surface area contributed by atoms with Crippen LogP contribution in [0.2, 0.25) is 0 Å². The largest absolute Gasteiger partial charge is 0.492 e. The summed E-state index contributed by atoms with van der Waals surface area (Å²) in [4.78, 5) is 0. The Balaban J connectivity index is 1.61. The van der Waals surface area contributed by atoms with Gasteiger partial charge in [0.25, 0.3) is 0 Å². The van der Waals surface area contributed by atoms with E-state index in [4.69, 9.17) is 16.3 Å². The molecule has 1 aromatic rings. The molecule has 3 unspecified atom stereocenters. The van der Waals surface area contributed by atoms with E-state index in [9.17, 15) is 0 Å². The Morgan fingerprint density at radius 3 is 2.85 bits per heavy atom. The van der Waals surface area contributed by atoms with Gasteiger partial charge in [0.05, 0.1) is 12.2 Å². The summed E-state index contributed by atoms with van der Waals surface area (Å²) >= 11 is 5.66. The average Bonchev–Trinajstić information content (AvgIpc) is 3.09. The third-order valence-electron chi connectivity index (χ3n) is 4.67. The van der Waals surface area contributed by atoms with Crippen molar-refractivity contribution in [2.75, 3.05) is 12.5 Å². The second-order valence-corrected chi connectivity index (χ2v) is 6.36. The number of halogens is 1. The average molecular weight is 289 g/mol. The van der Waals surface area contributed by atoms with Gasteiger partial charge in [-0.3, -0.25) is 0 Å². The van der Waals surface area contributed by atoms with Crippen LogP contribution >= 0.6 is 11.6 Å². The van der Waals surface area contributed by atoms with Gasteiger partial charge in [0.2, 0.25) is 0 Å². The standard InChI is InChI=1S/C18H21ClO/c19-10-4-3-6-15-5-1-2-7-18(15)20-13-17-12-14-8-9-16(17)11-14/h1-2,5,7,14,16-17H,4,8-13H2. The highest BCUT2D eigenvalue weighted by molar-refractivity contribution is 6.18. The number of hydrogen-bond acceptors (Lipinski definition) is 1. The summed E-state index contributed by atoms with van der Waals surface area (Å²) in [5.74, 6) is 10.4. The van der Waals surface area contributed by atoms with Crippen LogP contribution < -0.4 is 4.74 Å². The van der Waals surface area contributed by atoms with Crippen LogP contribution in [0.5, 0.6) is 5.75 Å². The molecule has 2 heteroatoms. The second kappa shape index (κ2) is 6.55. The van der Waals surface area contributed by atoms with Crippen LogP contribution in [0.1, 0.15) is 37.7 Å². The molecule has 3 rings (SSSR count). The lowest BCUT2D eigenvalue weighted by Crippen LogP contribution is -2.18. The van der Waals surface area contributed by atoms with Crippen LogP contribution in [0.25, 0.3) is 0 Å². The van der Waals surface area contributed by atoms with Crippen LogP contribution in [0.15, 0.2) is 24.3 Å². The molecule has 2 saturated carbocycles. The normalized spacial score (nSPS) is 27.1. The fraction of sp³-hybridized carbons (Fsp3) is 0.556. The van der Waals surface area contributed by atoms with E-state index in [1.54, 1.807) is 0 Å². The van der Waals surface area contributed by atoms with Crippen molar-refractivity contribution in [2.24, 2.45) is 17.8 Å². The smallest absolute Gasteiger partial charge is 0.134 e. The number of alkyl halides is 1. The first-order valence-electron chi connectivity index (χ1n) is 7.63. The van der Waals surface area contributed by atoms with Crippen LogP contribution in [0.4, 0.5) is 0 Å². The lowest BCUT2D eigenvalue weighted by molar-refractivity contribution is 0.195. The Labute approximate surface area is 126 Å². The molecule has 0 aromatic heterocycles. The molecule has 2 bridgehead atoms. The van der Waals surface area contributed by atoms with Gasteiger partial charge in [0, 0.05) is 12.3 Å². The molecule has 106 valence electrons. The molecular weight excluding hydrogens is 268 g/mol. The van der Waals surface area contributed by atoms with E-state index in [0.717, 1.165) is 42.1 Å². The van der Waals surface area contributed by atoms with E-state index in [-0.39, 0.29) is 0 Å². The Kier molecular flexibility index (Phi) is 4.53. The maximum absolute atomic E-state index is 6.07. The van der Waals surface area contributed by atoms with Gasteiger partial charge in [-0.25, -0.2) is 0 Å². The predicted octanol–water partition coefficient (Wildman–Crippen LogP) is 4.48. The summed E-state index contributed by atoms with van der Waals surface area (Å²) in [5.41, 5.74) is 0.987. The summed E-state index contributed by atoms with van der Waals surface area (Å²) in [6.45, 7) is 0.857. The SMILES string of the molecule is ClCCC#Cc1ccccc1OCC1CC2CCC1C2. The van der Waals surface area contributed by atoms with Gasteiger partial charge in [0.1, 0.15) is 5.75 Å². The zero-order chi connectivity index (χ0) is 13.8. The summed E-state index contributed by atoms with van der Waals surface area (Å²) in [5, 5.41) is 0.